The van der Waals surface area contributed by atoms with Crippen LogP contribution in [0.25, 0.3) is 83.5 Å². The first kappa shape index (κ1) is 53.6. The van der Waals surface area contributed by atoms with E-state index >= 15 is 0 Å². The average Bonchev–Trinajstić information content (AvgIpc) is 2.19. The second-order valence-electron chi connectivity index (χ2n) is 24.0. The molecular formula is C85H60B2N4. The number of nitrogens with zero attached hydrogens (tertiary/aromatic N) is 4. The minimum atomic E-state index is -0.0989. The van der Waals surface area contributed by atoms with Crippen LogP contribution in [0.5, 0.6) is 0 Å². The number of benzene rings is 13. The summed E-state index contributed by atoms with van der Waals surface area (Å²) in [6, 6.07) is 117. The predicted octanol–water partition coefficient (Wildman–Crippen LogP) is 17.8. The van der Waals surface area contributed by atoms with Crippen molar-refractivity contribution in [3.05, 3.63) is 345 Å². The normalized spacial score (nSPS) is 12.6. The SMILES string of the molecule is C=CC=Cc1c(C)n(-c2ccc(B3c4ccccc4N(c4ccccc4)c4ccccc43)cc2)c2cc(-c3cccc(-c4cccc(-c5ccccc5)c4B4c5ccccc5N(c5ccc(-n6c7ccccc7c7ccccc76)cc5)c5ccccc54)c3)ccc12. The summed E-state index contributed by atoms with van der Waals surface area (Å²) < 4.78 is 4.84. The van der Waals surface area contributed by atoms with Gasteiger partial charge in [-0.25, -0.2) is 0 Å². The highest BCUT2D eigenvalue weighted by molar-refractivity contribution is 6.99. The molecule has 0 aliphatic carbocycles. The molecule has 0 radical (unpaired) electrons. The van der Waals surface area contributed by atoms with Crippen molar-refractivity contribution in [1.29, 1.82) is 0 Å². The third kappa shape index (κ3) is 8.85. The number of para-hydroxylation sites is 7. The van der Waals surface area contributed by atoms with E-state index in [0.717, 1.165) is 45.0 Å². The molecule has 0 saturated carbocycles. The van der Waals surface area contributed by atoms with Gasteiger partial charge in [0.2, 0.25) is 13.4 Å². The van der Waals surface area contributed by atoms with Gasteiger partial charge in [0, 0.05) is 72.9 Å². The third-order valence-electron chi connectivity index (χ3n) is 19.0. The number of allylic oxidation sites excluding steroid dienone is 2. The Balaban J connectivity index is 0.766. The van der Waals surface area contributed by atoms with Crippen molar-refractivity contribution in [2.75, 3.05) is 9.80 Å². The zero-order valence-corrected chi connectivity index (χ0v) is 50.4. The lowest BCUT2D eigenvalue weighted by atomic mass is 9.33. The molecule has 4 nitrogen and oxygen atoms in total. The number of rotatable bonds is 11. The Morgan fingerprint density at radius 2 is 0.758 bits per heavy atom. The molecule has 0 atom stereocenters. The van der Waals surface area contributed by atoms with Gasteiger partial charge >= 0.3 is 0 Å². The maximum atomic E-state index is 4.07. The molecule has 4 heterocycles. The van der Waals surface area contributed by atoms with E-state index < -0.39 is 0 Å². The van der Waals surface area contributed by atoms with Crippen LogP contribution < -0.4 is 42.6 Å². The van der Waals surface area contributed by atoms with Crippen LogP contribution in [0, 0.1) is 6.92 Å². The van der Waals surface area contributed by atoms with Crippen LogP contribution >= 0.6 is 0 Å². The molecule has 0 N–H and O–H groups in total. The van der Waals surface area contributed by atoms with Gasteiger partial charge in [0.25, 0.3) is 0 Å². The van der Waals surface area contributed by atoms with E-state index in [9.17, 15) is 0 Å². The lowest BCUT2D eigenvalue weighted by Gasteiger charge is -2.38. The van der Waals surface area contributed by atoms with Gasteiger partial charge in [-0.3, -0.25) is 0 Å². The largest absolute Gasteiger partial charge is 0.313 e. The summed E-state index contributed by atoms with van der Waals surface area (Å²) in [5.41, 5.74) is 29.9. The molecule has 0 bridgehead atoms. The van der Waals surface area contributed by atoms with Crippen molar-refractivity contribution in [2.45, 2.75) is 6.92 Å². The van der Waals surface area contributed by atoms with Crippen LogP contribution in [-0.4, -0.2) is 22.6 Å². The maximum Gasteiger partial charge on any atom is 0.248 e. The predicted molar refractivity (Wildman–Crippen MR) is 389 cm³/mol. The minimum absolute atomic E-state index is 0.0582. The van der Waals surface area contributed by atoms with Gasteiger partial charge in [-0.2, -0.15) is 0 Å². The molecule has 0 spiro atoms. The fourth-order valence-electron chi connectivity index (χ4n) is 15.1. The van der Waals surface area contributed by atoms with E-state index in [1.807, 2.05) is 6.08 Å². The van der Waals surface area contributed by atoms with Crippen molar-refractivity contribution in [2.24, 2.45) is 0 Å². The second-order valence-corrected chi connectivity index (χ2v) is 24.0. The van der Waals surface area contributed by atoms with Crippen LogP contribution in [0.1, 0.15) is 11.3 Å². The van der Waals surface area contributed by atoms with E-state index in [4.69, 9.17) is 0 Å². The lowest BCUT2D eigenvalue weighted by Crippen LogP contribution is -2.58. The first-order valence-electron chi connectivity index (χ1n) is 31.5. The fraction of sp³-hybridized carbons (Fsp3) is 0.0118. The van der Waals surface area contributed by atoms with Crippen molar-refractivity contribution in [1.82, 2.24) is 9.13 Å². The average molecular weight is 1160 g/mol. The van der Waals surface area contributed by atoms with Crippen LogP contribution in [0.15, 0.2) is 334 Å². The summed E-state index contributed by atoms with van der Waals surface area (Å²) in [6.45, 7) is 6.27. The van der Waals surface area contributed by atoms with E-state index in [0.29, 0.717) is 0 Å². The highest BCUT2D eigenvalue weighted by Gasteiger charge is 2.39. The van der Waals surface area contributed by atoms with Gasteiger partial charge in [0.05, 0.1) is 16.6 Å². The molecule has 15 aromatic rings. The first-order chi connectivity index (χ1) is 45.1. The van der Waals surface area contributed by atoms with Crippen molar-refractivity contribution >= 4 is 119 Å². The molecule has 0 unspecified atom stereocenters. The van der Waals surface area contributed by atoms with Crippen LogP contribution in [-0.2, 0) is 0 Å². The van der Waals surface area contributed by atoms with Crippen LogP contribution in [0.3, 0.4) is 0 Å². The maximum absolute atomic E-state index is 4.07. The molecule has 2 aliphatic heterocycles. The van der Waals surface area contributed by atoms with Crippen molar-refractivity contribution < 1.29 is 0 Å². The van der Waals surface area contributed by atoms with E-state index in [1.165, 1.54) is 111 Å². The number of hydrogen-bond acceptors (Lipinski definition) is 2. The highest BCUT2D eigenvalue weighted by Crippen LogP contribution is 2.42. The number of aromatic nitrogens is 2. The van der Waals surface area contributed by atoms with Crippen molar-refractivity contribution in [3.8, 4) is 44.8 Å². The summed E-state index contributed by atoms with van der Waals surface area (Å²) in [5, 5.41) is 3.70. The molecular weight excluding hydrogens is 1100 g/mol. The number of anilines is 6. The fourth-order valence-corrected chi connectivity index (χ4v) is 15.1. The van der Waals surface area contributed by atoms with E-state index in [1.54, 1.807) is 0 Å². The summed E-state index contributed by atoms with van der Waals surface area (Å²) in [7, 11) is 0. The summed E-state index contributed by atoms with van der Waals surface area (Å²) in [6.07, 6.45) is 6.12. The third-order valence-corrected chi connectivity index (χ3v) is 19.0. The Labute approximate surface area is 532 Å². The molecule has 2 aliphatic rings. The molecule has 0 saturated heterocycles. The molecule has 91 heavy (non-hydrogen) atoms. The summed E-state index contributed by atoms with van der Waals surface area (Å²) in [5.74, 6) is 0. The topological polar surface area (TPSA) is 16.3 Å². The molecule has 13 aromatic carbocycles. The lowest BCUT2D eigenvalue weighted by molar-refractivity contribution is 1.05. The Morgan fingerprint density at radius 1 is 0.319 bits per heavy atom. The second kappa shape index (κ2) is 22.2. The van der Waals surface area contributed by atoms with Gasteiger partial charge in [-0.15, -0.1) is 0 Å². The zero-order valence-electron chi connectivity index (χ0n) is 50.4. The monoisotopic (exact) mass is 1160 g/mol. The summed E-state index contributed by atoms with van der Waals surface area (Å²) >= 11 is 0. The molecule has 0 amide bonds. The summed E-state index contributed by atoms with van der Waals surface area (Å²) in [4.78, 5) is 4.88. The smallest absolute Gasteiger partial charge is 0.248 e. The van der Waals surface area contributed by atoms with Gasteiger partial charge in [0.15, 0.2) is 0 Å². The van der Waals surface area contributed by atoms with Crippen LogP contribution in [0.4, 0.5) is 34.1 Å². The van der Waals surface area contributed by atoms with Gasteiger partial charge in [0.1, 0.15) is 0 Å². The molecule has 0 fully saturated rings. The molecule has 426 valence electrons. The molecule has 17 rings (SSSR count). The zero-order chi connectivity index (χ0) is 60.5. The highest BCUT2D eigenvalue weighted by atomic mass is 15.2. The Kier molecular flexibility index (Phi) is 13.1. The number of fused-ring (bicyclic) bond motifs is 8. The molecule has 2 aromatic heterocycles. The Bertz CT molecular complexity index is 5200. The quantitative estimate of drug-likeness (QED) is 0.0948. The Morgan fingerprint density at radius 3 is 1.35 bits per heavy atom. The minimum Gasteiger partial charge on any atom is -0.313 e. The number of hydrogen-bond donors (Lipinski definition) is 0. The van der Waals surface area contributed by atoms with Gasteiger partial charge < -0.3 is 18.9 Å². The first-order valence-corrected chi connectivity index (χ1v) is 31.5. The van der Waals surface area contributed by atoms with Gasteiger partial charge in [-0.05, 0) is 159 Å². The van der Waals surface area contributed by atoms with E-state index in [2.05, 4.69) is 360 Å². The Hall–Kier alpha value is -11.6. The van der Waals surface area contributed by atoms with E-state index in [-0.39, 0.29) is 13.4 Å². The molecule has 6 heteroatoms. The standard InChI is InChI=1S/C85H60B2N4/c1-3-4-31-68-58(2)88(65-49-47-63(48-50-65)86-74-36-13-19-42-80(74)90(64-29-9-6-10-30-64)81-43-20-14-37-75(81)86)84-57-61(46-55-73(68)84)60-27-23-28-62(56-60)70-35-24-34-69(59-25-7-5-8-26-59)85(70)87-76-38-15-21-44-82(76)91(83-45-22-16-39-77(83)87)67-53-51-66(52-54-67)89-78-40-17-11-32-71(78)72-33-12-18-41-79(72)89/h3-57H,1H2,2H3. The van der Waals surface area contributed by atoms with Gasteiger partial charge in [-0.1, -0.05) is 254 Å². The van der Waals surface area contributed by atoms with Crippen LogP contribution in [0.2, 0.25) is 0 Å². The van der Waals surface area contributed by atoms with Crippen molar-refractivity contribution in [3.63, 3.8) is 0 Å².